The SMILES string of the molecule is CCC(C)(CC)c1ccccc1C#N. The first-order chi connectivity index (χ1) is 6.68. The van der Waals surface area contributed by atoms with Crippen molar-refractivity contribution >= 4 is 0 Å². The van der Waals surface area contributed by atoms with Gasteiger partial charge in [0, 0.05) is 0 Å². The Hall–Kier alpha value is -1.29. The van der Waals surface area contributed by atoms with Crippen LogP contribution in [0.1, 0.15) is 44.7 Å². The number of rotatable bonds is 3. The third kappa shape index (κ3) is 1.80. The molecule has 0 aliphatic rings. The molecular formula is C13H17N. The van der Waals surface area contributed by atoms with Crippen LogP contribution in [0.2, 0.25) is 0 Å². The summed E-state index contributed by atoms with van der Waals surface area (Å²) in [5.41, 5.74) is 2.15. The highest BCUT2D eigenvalue weighted by Gasteiger charge is 2.24. The van der Waals surface area contributed by atoms with Gasteiger partial charge in [0.15, 0.2) is 0 Å². The van der Waals surface area contributed by atoms with Crippen LogP contribution in [-0.4, -0.2) is 0 Å². The van der Waals surface area contributed by atoms with E-state index in [1.165, 1.54) is 5.56 Å². The van der Waals surface area contributed by atoms with Crippen molar-refractivity contribution in [3.05, 3.63) is 35.4 Å². The molecule has 0 unspecified atom stereocenters. The Morgan fingerprint density at radius 1 is 1.21 bits per heavy atom. The highest BCUT2D eigenvalue weighted by molar-refractivity contribution is 5.41. The van der Waals surface area contributed by atoms with E-state index < -0.39 is 0 Å². The second-order valence-corrected chi connectivity index (χ2v) is 3.93. The molecule has 1 heteroatoms. The van der Waals surface area contributed by atoms with E-state index in [4.69, 9.17) is 5.26 Å². The van der Waals surface area contributed by atoms with E-state index in [1.54, 1.807) is 0 Å². The fourth-order valence-corrected chi connectivity index (χ4v) is 1.74. The Balaban J connectivity index is 3.24. The third-order valence-electron chi connectivity index (χ3n) is 3.26. The summed E-state index contributed by atoms with van der Waals surface area (Å²) >= 11 is 0. The molecule has 0 saturated heterocycles. The summed E-state index contributed by atoms with van der Waals surface area (Å²) in [6, 6.07) is 10.2. The zero-order valence-electron chi connectivity index (χ0n) is 9.17. The Morgan fingerprint density at radius 3 is 2.29 bits per heavy atom. The largest absolute Gasteiger partial charge is 0.192 e. The highest BCUT2D eigenvalue weighted by Crippen LogP contribution is 2.32. The lowest BCUT2D eigenvalue weighted by atomic mass is 9.76. The van der Waals surface area contributed by atoms with Gasteiger partial charge in [-0.3, -0.25) is 0 Å². The Morgan fingerprint density at radius 2 is 1.79 bits per heavy atom. The van der Waals surface area contributed by atoms with Gasteiger partial charge in [-0.25, -0.2) is 0 Å². The molecule has 1 aromatic carbocycles. The van der Waals surface area contributed by atoms with Crippen molar-refractivity contribution in [3.63, 3.8) is 0 Å². The summed E-state index contributed by atoms with van der Waals surface area (Å²) in [4.78, 5) is 0. The molecule has 74 valence electrons. The summed E-state index contributed by atoms with van der Waals surface area (Å²) < 4.78 is 0. The predicted octanol–water partition coefficient (Wildman–Crippen LogP) is 3.64. The van der Waals surface area contributed by atoms with Gasteiger partial charge in [0.05, 0.1) is 11.6 Å². The molecule has 0 bridgehead atoms. The number of hydrogen-bond acceptors (Lipinski definition) is 1. The van der Waals surface area contributed by atoms with E-state index in [0.717, 1.165) is 18.4 Å². The molecule has 1 rings (SSSR count). The second kappa shape index (κ2) is 4.28. The molecule has 0 aliphatic heterocycles. The van der Waals surface area contributed by atoms with Crippen LogP contribution in [0.4, 0.5) is 0 Å². The van der Waals surface area contributed by atoms with Gasteiger partial charge in [-0.15, -0.1) is 0 Å². The van der Waals surface area contributed by atoms with E-state index in [0.29, 0.717) is 0 Å². The maximum absolute atomic E-state index is 9.02. The summed E-state index contributed by atoms with van der Waals surface area (Å²) in [5, 5.41) is 9.02. The molecule has 0 heterocycles. The van der Waals surface area contributed by atoms with Crippen molar-refractivity contribution in [2.24, 2.45) is 0 Å². The van der Waals surface area contributed by atoms with Gasteiger partial charge in [0.25, 0.3) is 0 Å². The van der Waals surface area contributed by atoms with Crippen LogP contribution in [0, 0.1) is 11.3 Å². The molecule has 0 spiro atoms. The van der Waals surface area contributed by atoms with Crippen LogP contribution in [0.5, 0.6) is 0 Å². The lowest BCUT2D eigenvalue weighted by Crippen LogP contribution is -2.20. The van der Waals surface area contributed by atoms with Crippen molar-refractivity contribution < 1.29 is 0 Å². The molecule has 1 nitrogen and oxygen atoms in total. The monoisotopic (exact) mass is 187 g/mol. The maximum Gasteiger partial charge on any atom is 0.0994 e. The van der Waals surface area contributed by atoms with Crippen molar-refractivity contribution in [2.75, 3.05) is 0 Å². The van der Waals surface area contributed by atoms with E-state index in [2.05, 4.69) is 32.9 Å². The van der Waals surface area contributed by atoms with Gasteiger partial charge in [-0.05, 0) is 29.9 Å². The zero-order chi connectivity index (χ0) is 10.6. The molecule has 0 atom stereocenters. The van der Waals surface area contributed by atoms with Gasteiger partial charge >= 0.3 is 0 Å². The average molecular weight is 187 g/mol. The second-order valence-electron chi connectivity index (χ2n) is 3.93. The zero-order valence-corrected chi connectivity index (χ0v) is 9.17. The van der Waals surface area contributed by atoms with E-state index >= 15 is 0 Å². The van der Waals surface area contributed by atoms with Gasteiger partial charge < -0.3 is 0 Å². The molecule has 0 amide bonds. The number of hydrogen-bond donors (Lipinski definition) is 0. The topological polar surface area (TPSA) is 23.8 Å². The Kier molecular flexibility index (Phi) is 3.30. The lowest BCUT2D eigenvalue weighted by Gasteiger charge is -2.28. The molecule has 14 heavy (non-hydrogen) atoms. The summed E-state index contributed by atoms with van der Waals surface area (Å²) in [6.45, 7) is 6.58. The molecule has 0 radical (unpaired) electrons. The van der Waals surface area contributed by atoms with E-state index in [-0.39, 0.29) is 5.41 Å². The molecule has 0 aliphatic carbocycles. The summed E-state index contributed by atoms with van der Waals surface area (Å²) in [7, 11) is 0. The van der Waals surface area contributed by atoms with Crippen LogP contribution in [0.3, 0.4) is 0 Å². The fourth-order valence-electron chi connectivity index (χ4n) is 1.74. The van der Waals surface area contributed by atoms with Gasteiger partial charge in [0.1, 0.15) is 0 Å². The van der Waals surface area contributed by atoms with Crippen LogP contribution in [-0.2, 0) is 5.41 Å². The Labute approximate surface area is 86.4 Å². The first kappa shape index (κ1) is 10.8. The minimum atomic E-state index is 0.145. The Bertz CT molecular complexity index is 342. The summed E-state index contributed by atoms with van der Waals surface area (Å²) in [6.07, 6.45) is 2.14. The minimum absolute atomic E-state index is 0.145. The first-order valence-corrected chi connectivity index (χ1v) is 5.17. The van der Waals surface area contributed by atoms with Crippen LogP contribution >= 0.6 is 0 Å². The predicted molar refractivity (Wildman–Crippen MR) is 59.1 cm³/mol. The molecular weight excluding hydrogens is 170 g/mol. The van der Waals surface area contributed by atoms with E-state index in [9.17, 15) is 0 Å². The van der Waals surface area contributed by atoms with Crippen LogP contribution < -0.4 is 0 Å². The van der Waals surface area contributed by atoms with Crippen molar-refractivity contribution in [1.82, 2.24) is 0 Å². The third-order valence-corrected chi connectivity index (χ3v) is 3.26. The van der Waals surface area contributed by atoms with Crippen molar-refractivity contribution in [2.45, 2.75) is 39.0 Å². The maximum atomic E-state index is 9.02. The van der Waals surface area contributed by atoms with E-state index in [1.807, 2.05) is 18.2 Å². The van der Waals surface area contributed by atoms with Crippen LogP contribution in [0.15, 0.2) is 24.3 Å². The number of nitrogens with zero attached hydrogens (tertiary/aromatic N) is 1. The normalized spacial score (nSPS) is 11.0. The number of benzene rings is 1. The minimum Gasteiger partial charge on any atom is -0.192 e. The first-order valence-electron chi connectivity index (χ1n) is 5.17. The van der Waals surface area contributed by atoms with Gasteiger partial charge in [-0.2, -0.15) is 5.26 Å². The highest BCUT2D eigenvalue weighted by atomic mass is 14.3. The number of nitriles is 1. The molecule has 0 aromatic heterocycles. The molecule has 0 saturated carbocycles. The quantitative estimate of drug-likeness (QED) is 0.708. The van der Waals surface area contributed by atoms with Gasteiger partial charge in [-0.1, -0.05) is 39.0 Å². The van der Waals surface area contributed by atoms with Gasteiger partial charge in [0.2, 0.25) is 0 Å². The lowest BCUT2D eigenvalue weighted by molar-refractivity contribution is 0.438. The molecule has 0 fully saturated rings. The van der Waals surface area contributed by atoms with Crippen molar-refractivity contribution in [1.29, 1.82) is 5.26 Å². The summed E-state index contributed by atoms with van der Waals surface area (Å²) in [5.74, 6) is 0. The molecule has 1 aromatic rings. The smallest absolute Gasteiger partial charge is 0.0994 e. The van der Waals surface area contributed by atoms with Crippen molar-refractivity contribution in [3.8, 4) is 6.07 Å². The average Bonchev–Trinajstić information content (AvgIpc) is 2.28. The fraction of sp³-hybridized carbons (Fsp3) is 0.462. The van der Waals surface area contributed by atoms with Crippen LogP contribution in [0.25, 0.3) is 0 Å². The standard InChI is InChI=1S/C13H17N/c1-4-13(3,5-2)12-9-7-6-8-11(12)10-14/h6-9H,4-5H2,1-3H3. The molecule has 0 N–H and O–H groups in total.